The molecule has 114 valence electrons. The van der Waals surface area contributed by atoms with Gasteiger partial charge in [0.15, 0.2) is 9.84 Å². The Morgan fingerprint density at radius 2 is 2.19 bits per heavy atom. The molecule has 21 heavy (non-hydrogen) atoms. The van der Waals surface area contributed by atoms with E-state index >= 15 is 0 Å². The molecule has 2 rings (SSSR count). The second-order valence-electron chi connectivity index (χ2n) is 4.90. The Kier molecular flexibility index (Phi) is 4.48. The molecule has 0 saturated carbocycles. The molecule has 1 aromatic carbocycles. The maximum absolute atomic E-state index is 12.0. The first-order valence-corrected chi connectivity index (χ1v) is 8.41. The number of carbonyl (C=O) groups is 1. The van der Waals surface area contributed by atoms with E-state index in [9.17, 15) is 23.3 Å². The molecule has 1 aliphatic rings. The van der Waals surface area contributed by atoms with Crippen LogP contribution in [-0.2, 0) is 9.84 Å². The highest BCUT2D eigenvalue weighted by Crippen LogP contribution is 2.23. The molecule has 1 saturated heterocycles. The molecule has 0 radical (unpaired) electrons. The van der Waals surface area contributed by atoms with Gasteiger partial charge in [0.2, 0.25) is 0 Å². The van der Waals surface area contributed by atoms with Gasteiger partial charge in [-0.05, 0) is 24.5 Å². The summed E-state index contributed by atoms with van der Waals surface area (Å²) in [4.78, 5) is 22.2. The lowest BCUT2D eigenvalue weighted by Gasteiger charge is -2.10. The SMILES string of the molecule is O=C(NC[C@@H]1CCS(=O)(=O)C1)c1ccc(Cl)cc1[N+](=O)[O-]. The lowest BCUT2D eigenvalue weighted by atomic mass is 10.1. The van der Waals surface area contributed by atoms with Crippen molar-refractivity contribution in [2.75, 3.05) is 18.1 Å². The van der Waals surface area contributed by atoms with Crippen molar-refractivity contribution in [3.05, 3.63) is 38.9 Å². The number of sulfone groups is 1. The van der Waals surface area contributed by atoms with E-state index in [2.05, 4.69) is 5.32 Å². The number of carbonyl (C=O) groups excluding carboxylic acids is 1. The number of hydrogen-bond donors (Lipinski definition) is 1. The number of nitrogens with zero attached hydrogens (tertiary/aromatic N) is 1. The van der Waals surface area contributed by atoms with Crippen LogP contribution in [0.15, 0.2) is 18.2 Å². The van der Waals surface area contributed by atoms with E-state index in [1.165, 1.54) is 12.1 Å². The molecular weight excluding hydrogens is 320 g/mol. The smallest absolute Gasteiger partial charge is 0.283 e. The molecule has 0 spiro atoms. The fourth-order valence-corrected chi connectivity index (χ4v) is 4.24. The summed E-state index contributed by atoms with van der Waals surface area (Å²) in [5.74, 6) is -0.599. The van der Waals surface area contributed by atoms with Crippen LogP contribution >= 0.6 is 11.6 Å². The van der Waals surface area contributed by atoms with Gasteiger partial charge in [0.1, 0.15) is 5.56 Å². The first-order valence-electron chi connectivity index (χ1n) is 6.21. The van der Waals surface area contributed by atoms with Gasteiger partial charge in [-0.2, -0.15) is 0 Å². The quantitative estimate of drug-likeness (QED) is 0.662. The van der Waals surface area contributed by atoms with E-state index in [1.54, 1.807) is 0 Å². The predicted molar refractivity (Wildman–Crippen MR) is 77.2 cm³/mol. The zero-order chi connectivity index (χ0) is 15.6. The van der Waals surface area contributed by atoms with Crippen molar-refractivity contribution < 1.29 is 18.1 Å². The second kappa shape index (κ2) is 5.98. The van der Waals surface area contributed by atoms with Gasteiger partial charge in [-0.15, -0.1) is 0 Å². The highest BCUT2D eigenvalue weighted by molar-refractivity contribution is 7.91. The van der Waals surface area contributed by atoms with Crippen LogP contribution in [-0.4, -0.2) is 37.3 Å². The largest absolute Gasteiger partial charge is 0.352 e. The van der Waals surface area contributed by atoms with Crippen LogP contribution < -0.4 is 5.32 Å². The maximum Gasteiger partial charge on any atom is 0.283 e. The maximum atomic E-state index is 12.0. The van der Waals surface area contributed by atoms with Gasteiger partial charge in [0.05, 0.1) is 16.4 Å². The fraction of sp³-hybridized carbons (Fsp3) is 0.417. The Labute approximate surface area is 126 Å². The van der Waals surface area contributed by atoms with Gasteiger partial charge >= 0.3 is 0 Å². The molecule has 0 aromatic heterocycles. The standard InChI is InChI=1S/C12H13ClN2O5S/c13-9-1-2-10(11(5-9)15(17)18)12(16)14-6-8-3-4-21(19,20)7-8/h1-2,5,8H,3-4,6-7H2,(H,14,16)/t8-/m0/s1. The van der Waals surface area contributed by atoms with E-state index in [4.69, 9.17) is 11.6 Å². The lowest BCUT2D eigenvalue weighted by Crippen LogP contribution is -2.30. The molecule has 0 bridgehead atoms. The summed E-state index contributed by atoms with van der Waals surface area (Å²) in [5.41, 5.74) is -0.468. The number of amides is 1. The van der Waals surface area contributed by atoms with E-state index in [-0.39, 0.29) is 40.2 Å². The summed E-state index contributed by atoms with van der Waals surface area (Å²) < 4.78 is 22.6. The molecule has 1 amide bonds. The van der Waals surface area contributed by atoms with E-state index in [0.29, 0.717) is 6.42 Å². The minimum absolute atomic E-state index is 0.0377. The molecule has 9 heteroatoms. The van der Waals surface area contributed by atoms with Crippen molar-refractivity contribution >= 4 is 33.0 Å². The van der Waals surface area contributed by atoms with Crippen LogP contribution in [0.2, 0.25) is 5.02 Å². The van der Waals surface area contributed by atoms with Gasteiger partial charge < -0.3 is 5.32 Å². The van der Waals surface area contributed by atoms with Gasteiger partial charge in [-0.1, -0.05) is 11.6 Å². The van der Waals surface area contributed by atoms with Crippen molar-refractivity contribution in [2.45, 2.75) is 6.42 Å². The van der Waals surface area contributed by atoms with Gasteiger partial charge in [-0.25, -0.2) is 8.42 Å². The Morgan fingerprint density at radius 3 is 2.76 bits per heavy atom. The molecule has 1 aliphatic heterocycles. The number of benzene rings is 1. The van der Waals surface area contributed by atoms with Crippen molar-refractivity contribution in [1.29, 1.82) is 0 Å². The van der Waals surface area contributed by atoms with E-state index in [1.807, 2.05) is 0 Å². The van der Waals surface area contributed by atoms with Crippen molar-refractivity contribution in [1.82, 2.24) is 5.32 Å². The summed E-state index contributed by atoms with van der Waals surface area (Å²) in [6.07, 6.45) is 0.491. The number of rotatable bonds is 4. The first-order chi connectivity index (χ1) is 9.78. The van der Waals surface area contributed by atoms with E-state index in [0.717, 1.165) is 6.07 Å². The minimum atomic E-state index is -3.01. The van der Waals surface area contributed by atoms with Crippen molar-refractivity contribution in [3.63, 3.8) is 0 Å². The van der Waals surface area contributed by atoms with Crippen molar-refractivity contribution in [3.8, 4) is 0 Å². The highest BCUT2D eigenvalue weighted by atomic mass is 35.5. The monoisotopic (exact) mass is 332 g/mol. The topological polar surface area (TPSA) is 106 Å². The Morgan fingerprint density at radius 1 is 1.48 bits per heavy atom. The zero-order valence-electron chi connectivity index (χ0n) is 10.9. The number of nitrogens with one attached hydrogen (secondary N) is 1. The Hall–Kier alpha value is -1.67. The highest BCUT2D eigenvalue weighted by Gasteiger charge is 2.28. The van der Waals surface area contributed by atoms with Gasteiger partial charge in [0.25, 0.3) is 11.6 Å². The number of halogens is 1. The van der Waals surface area contributed by atoms with Crippen LogP contribution in [0, 0.1) is 16.0 Å². The number of nitro groups is 1. The van der Waals surface area contributed by atoms with Gasteiger partial charge in [-0.3, -0.25) is 14.9 Å². The van der Waals surface area contributed by atoms with Crippen LogP contribution in [0.25, 0.3) is 0 Å². The molecule has 0 aliphatic carbocycles. The normalized spacial score (nSPS) is 20.1. The molecule has 1 heterocycles. The van der Waals surface area contributed by atoms with Crippen LogP contribution in [0.1, 0.15) is 16.8 Å². The predicted octanol–water partition coefficient (Wildman–Crippen LogP) is 1.41. The molecule has 1 atom stereocenters. The summed E-state index contributed by atoms with van der Waals surface area (Å²) in [5, 5.41) is 13.6. The minimum Gasteiger partial charge on any atom is -0.352 e. The molecule has 1 aromatic rings. The number of nitro benzene ring substituents is 1. The van der Waals surface area contributed by atoms with Crippen molar-refractivity contribution in [2.24, 2.45) is 5.92 Å². The zero-order valence-corrected chi connectivity index (χ0v) is 12.5. The Balaban J connectivity index is 2.06. The molecule has 1 N–H and O–H groups in total. The average molecular weight is 333 g/mol. The van der Waals surface area contributed by atoms with Crippen LogP contribution in [0.4, 0.5) is 5.69 Å². The molecular formula is C12H13ClN2O5S. The molecule has 7 nitrogen and oxygen atoms in total. The van der Waals surface area contributed by atoms with Crippen LogP contribution in [0.5, 0.6) is 0 Å². The fourth-order valence-electron chi connectivity index (χ4n) is 2.21. The van der Waals surface area contributed by atoms with Gasteiger partial charge in [0, 0.05) is 17.6 Å². The second-order valence-corrected chi connectivity index (χ2v) is 7.56. The summed E-state index contributed by atoms with van der Waals surface area (Å²) >= 11 is 5.67. The third-order valence-corrected chi connectivity index (χ3v) is 5.35. The Bertz CT molecular complexity index is 689. The van der Waals surface area contributed by atoms with E-state index < -0.39 is 20.7 Å². The average Bonchev–Trinajstić information content (AvgIpc) is 2.75. The molecule has 1 fully saturated rings. The first kappa shape index (κ1) is 15.7. The summed E-state index contributed by atoms with van der Waals surface area (Å²) in [7, 11) is -3.01. The third kappa shape index (κ3) is 3.92. The number of hydrogen-bond acceptors (Lipinski definition) is 5. The summed E-state index contributed by atoms with van der Waals surface area (Å²) in [6, 6.07) is 3.78. The lowest BCUT2D eigenvalue weighted by molar-refractivity contribution is -0.385. The molecule has 0 unspecified atom stereocenters. The third-order valence-electron chi connectivity index (χ3n) is 3.28. The van der Waals surface area contributed by atoms with Crippen LogP contribution in [0.3, 0.4) is 0 Å². The summed E-state index contributed by atoms with van der Waals surface area (Å²) in [6.45, 7) is 0.178.